The first kappa shape index (κ1) is 22.8. The Morgan fingerprint density at radius 3 is 2.03 bits per heavy atom. The zero-order valence-electron chi connectivity index (χ0n) is 16.3. The number of carbonyl (C=O) groups is 1. The van der Waals surface area contributed by atoms with Crippen molar-refractivity contribution in [3.63, 3.8) is 0 Å². The fourth-order valence-corrected chi connectivity index (χ4v) is 3.04. The molecule has 0 atom stereocenters. The molecule has 0 aliphatic rings. The summed E-state index contributed by atoms with van der Waals surface area (Å²) < 4.78 is 13.9. The molecule has 3 rings (SSSR count). The molecule has 0 unspecified atom stereocenters. The molecule has 0 aliphatic heterocycles. The van der Waals surface area contributed by atoms with E-state index >= 15 is 0 Å². The zero-order chi connectivity index (χ0) is 22.1. The average Bonchev–Trinajstić information content (AvgIpc) is 2.76. The smallest absolute Gasteiger partial charge is 0.344 e. The average molecular weight is 549 g/mol. The van der Waals surface area contributed by atoms with E-state index in [-0.39, 0.29) is 0 Å². The molecule has 0 radical (unpaired) electrons. The molecule has 3 aromatic rings. The van der Waals surface area contributed by atoms with Crippen LogP contribution in [0.1, 0.15) is 16.7 Å². The van der Waals surface area contributed by atoms with Gasteiger partial charge in [-0.15, -0.1) is 0 Å². The van der Waals surface area contributed by atoms with E-state index in [0.29, 0.717) is 30.3 Å². The van der Waals surface area contributed by atoms with E-state index in [0.717, 1.165) is 20.1 Å². The Kier molecular flexibility index (Phi) is 8.49. The van der Waals surface area contributed by atoms with Crippen molar-refractivity contribution in [1.82, 2.24) is 0 Å². The highest BCUT2D eigenvalue weighted by Crippen LogP contribution is 2.26. The van der Waals surface area contributed by atoms with Gasteiger partial charge < -0.3 is 19.4 Å². The standard InChI is InChI=1S/C23H19Br2NO5/c24-19-6-1-16(2-7-19)13-29-21-10-5-18(12-26-31-15-23(27)28)22(11-21)30-14-17-3-8-20(25)9-4-17/h1-12H,13-15H2,(H,27,28). The molecule has 0 amide bonds. The highest BCUT2D eigenvalue weighted by Gasteiger charge is 2.07. The molecular formula is C23H19Br2NO5. The molecule has 3 aromatic carbocycles. The summed E-state index contributed by atoms with van der Waals surface area (Å²) in [6, 6.07) is 21.0. The molecule has 6 nitrogen and oxygen atoms in total. The summed E-state index contributed by atoms with van der Waals surface area (Å²) in [7, 11) is 0. The minimum atomic E-state index is -1.10. The molecular weight excluding hydrogens is 530 g/mol. The van der Waals surface area contributed by atoms with Gasteiger partial charge in [-0.25, -0.2) is 4.79 Å². The van der Waals surface area contributed by atoms with Crippen LogP contribution in [-0.4, -0.2) is 23.9 Å². The number of hydrogen-bond donors (Lipinski definition) is 1. The molecule has 31 heavy (non-hydrogen) atoms. The second kappa shape index (κ2) is 11.5. The fourth-order valence-electron chi connectivity index (χ4n) is 2.51. The maximum Gasteiger partial charge on any atom is 0.344 e. The van der Waals surface area contributed by atoms with Crippen LogP contribution in [0.2, 0.25) is 0 Å². The first-order valence-corrected chi connectivity index (χ1v) is 10.8. The van der Waals surface area contributed by atoms with Crippen molar-refractivity contribution in [2.24, 2.45) is 5.16 Å². The largest absolute Gasteiger partial charge is 0.489 e. The Hall–Kier alpha value is -2.84. The maximum absolute atomic E-state index is 10.6. The molecule has 0 spiro atoms. The topological polar surface area (TPSA) is 77.4 Å². The summed E-state index contributed by atoms with van der Waals surface area (Å²) in [5.74, 6) is 0.0804. The minimum absolute atomic E-state index is 0.347. The summed E-state index contributed by atoms with van der Waals surface area (Å²) >= 11 is 6.83. The number of hydrogen-bond acceptors (Lipinski definition) is 5. The molecule has 0 aromatic heterocycles. The molecule has 0 heterocycles. The molecule has 0 fully saturated rings. The van der Waals surface area contributed by atoms with Gasteiger partial charge in [0.1, 0.15) is 24.7 Å². The van der Waals surface area contributed by atoms with Gasteiger partial charge in [-0.2, -0.15) is 0 Å². The van der Waals surface area contributed by atoms with Crippen molar-refractivity contribution in [2.45, 2.75) is 13.2 Å². The summed E-state index contributed by atoms with van der Waals surface area (Å²) in [6.07, 6.45) is 1.42. The SMILES string of the molecule is O=C(O)CON=Cc1ccc(OCc2ccc(Br)cc2)cc1OCc1ccc(Br)cc1. The molecule has 0 saturated carbocycles. The molecule has 1 N–H and O–H groups in total. The predicted molar refractivity (Wildman–Crippen MR) is 125 cm³/mol. The number of rotatable bonds is 10. The number of carboxylic acid groups (broad SMARTS) is 1. The van der Waals surface area contributed by atoms with Crippen LogP contribution in [0.3, 0.4) is 0 Å². The van der Waals surface area contributed by atoms with E-state index in [2.05, 4.69) is 37.0 Å². The number of benzene rings is 3. The molecule has 0 aliphatic carbocycles. The lowest BCUT2D eigenvalue weighted by Crippen LogP contribution is -2.04. The number of aliphatic carboxylic acids is 1. The number of oxime groups is 1. The molecule has 0 saturated heterocycles. The van der Waals surface area contributed by atoms with E-state index in [4.69, 9.17) is 19.4 Å². The van der Waals surface area contributed by atoms with Crippen LogP contribution in [0.4, 0.5) is 0 Å². The lowest BCUT2D eigenvalue weighted by Gasteiger charge is -2.12. The van der Waals surface area contributed by atoms with Crippen LogP contribution in [0.15, 0.2) is 80.8 Å². The lowest BCUT2D eigenvalue weighted by atomic mass is 10.2. The molecule has 160 valence electrons. The van der Waals surface area contributed by atoms with Crippen molar-refractivity contribution >= 4 is 44.0 Å². The quantitative estimate of drug-likeness (QED) is 0.256. The van der Waals surface area contributed by atoms with Gasteiger partial charge in [-0.1, -0.05) is 61.3 Å². The highest BCUT2D eigenvalue weighted by molar-refractivity contribution is 9.10. The third kappa shape index (κ3) is 7.73. The van der Waals surface area contributed by atoms with Gasteiger partial charge in [0.05, 0.1) is 6.21 Å². The van der Waals surface area contributed by atoms with Gasteiger partial charge in [0.15, 0.2) is 0 Å². The van der Waals surface area contributed by atoms with Crippen LogP contribution in [0, 0.1) is 0 Å². The van der Waals surface area contributed by atoms with Crippen molar-refractivity contribution in [2.75, 3.05) is 6.61 Å². The number of ether oxygens (including phenoxy) is 2. The Balaban J connectivity index is 1.72. The van der Waals surface area contributed by atoms with Gasteiger partial charge >= 0.3 is 5.97 Å². The maximum atomic E-state index is 10.6. The first-order chi connectivity index (χ1) is 15.0. The van der Waals surface area contributed by atoms with E-state index < -0.39 is 12.6 Å². The summed E-state index contributed by atoms with van der Waals surface area (Å²) in [6.45, 7) is 0.245. The first-order valence-electron chi connectivity index (χ1n) is 9.25. The van der Waals surface area contributed by atoms with Gasteiger partial charge in [-0.3, -0.25) is 0 Å². The third-order valence-electron chi connectivity index (χ3n) is 4.07. The Morgan fingerprint density at radius 2 is 1.45 bits per heavy atom. The summed E-state index contributed by atoms with van der Waals surface area (Å²) in [5.41, 5.74) is 2.67. The van der Waals surface area contributed by atoms with Gasteiger partial charge in [0.2, 0.25) is 6.61 Å². The number of halogens is 2. The normalized spacial score (nSPS) is 10.8. The van der Waals surface area contributed by atoms with E-state index in [9.17, 15) is 4.79 Å². The Bertz CT molecular complexity index is 1040. The van der Waals surface area contributed by atoms with Crippen LogP contribution in [-0.2, 0) is 22.8 Å². The zero-order valence-corrected chi connectivity index (χ0v) is 19.5. The Morgan fingerprint density at radius 1 is 0.871 bits per heavy atom. The van der Waals surface area contributed by atoms with Gasteiger partial charge in [0, 0.05) is 20.6 Å². The van der Waals surface area contributed by atoms with Crippen molar-refractivity contribution in [1.29, 1.82) is 0 Å². The minimum Gasteiger partial charge on any atom is -0.489 e. The van der Waals surface area contributed by atoms with E-state index in [1.54, 1.807) is 18.2 Å². The Labute approximate surface area is 196 Å². The van der Waals surface area contributed by atoms with Crippen molar-refractivity contribution in [3.8, 4) is 11.5 Å². The van der Waals surface area contributed by atoms with Gasteiger partial charge in [0.25, 0.3) is 0 Å². The van der Waals surface area contributed by atoms with Crippen LogP contribution in [0.25, 0.3) is 0 Å². The number of nitrogens with zero attached hydrogens (tertiary/aromatic N) is 1. The van der Waals surface area contributed by atoms with Crippen LogP contribution >= 0.6 is 31.9 Å². The van der Waals surface area contributed by atoms with Crippen molar-refractivity contribution < 1.29 is 24.2 Å². The van der Waals surface area contributed by atoms with Crippen molar-refractivity contribution in [3.05, 3.63) is 92.4 Å². The third-order valence-corrected chi connectivity index (χ3v) is 5.12. The monoisotopic (exact) mass is 547 g/mol. The van der Waals surface area contributed by atoms with Crippen LogP contribution < -0.4 is 9.47 Å². The van der Waals surface area contributed by atoms with Crippen LogP contribution in [0.5, 0.6) is 11.5 Å². The second-order valence-corrected chi connectivity index (χ2v) is 8.26. The second-order valence-electron chi connectivity index (χ2n) is 6.43. The van der Waals surface area contributed by atoms with E-state index in [1.165, 1.54) is 6.21 Å². The summed E-state index contributed by atoms with van der Waals surface area (Å²) in [5, 5.41) is 12.4. The van der Waals surface area contributed by atoms with Gasteiger partial charge in [-0.05, 0) is 47.5 Å². The predicted octanol–water partition coefficient (Wildman–Crippen LogP) is 5.80. The molecule has 0 bridgehead atoms. The number of carboxylic acids is 1. The fraction of sp³-hybridized carbons (Fsp3) is 0.130. The lowest BCUT2D eigenvalue weighted by molar-refractivity contribution is -0.142. The highest BCUT2D eigenvalue weighted by atomic mass is 79.9. The van der Waals surface area contributed by atoms with E-state index in [1.807, 2.05) is 48.5 Å². The molecule has 8 heteroatoms. The summed E-state index contributed by atoms with van der Waals surface area (Å²) in [4.78, 5) is 15.3.